The average Bonchev–Trinajstić information content (AvgIpc) is 3.41. The Kier molecular flexibility index (Phi) is 34.1. The van der Waals surface area contributed by atoms with Crippen LogP contribution in [0.25, 0.3) is 0 Å². The standard InChI is InChI=1S/C34H53NO5.C18H29NO5.C8H16O.CH4O/c1-11-23(3)21-28(8)40-35(30-19-14-13-15-20-30)31(12-2)24(4)17-16-18-25(5)32(37)34(39-10)33(38)27(7)22-26(6)29(9)36;1-3-4-10-15(20)14-9-5-6-11-19(14)17(22)16(21)18(23)13(2)8-7-12-24-18;1-7-5-3-4-6-8(7)9-2;1-2/h12-15,19-22,24-26,28,31,33-34,38H,2,11,16-18H2,1,3-10H3;13-14,23H,3-12H2,1-2H3;7-8H,3-6H2,1-2H3;2H,1H3/b23-21+,27-22+;;;/t24-,25?,26+,28?,31?,33?,34-;;7?,8-;/m0.1./s1. The number of anilines is 1. The number of ether oxygens (including phenoxy) is 3. The molecule has 0 radical (unpaired) electrons. The number of benzene rings is 1. The van der Waals surface area contributed by atoms with E-state index in [2.05, 4.69) is 40.3 Å². The summed E-state index contributed by atoms with van der Waals surface area (Å²) in [6.07, 6.45) is 18.7. The van der Waals surface area contributed by atoms with Crippen molar-refractivity contribution >= 4 is 34.7 Å². The summed E-state index contributed by atoms with van der Waals surface area (Å²) in [6.45, 7) is 26.2. The number of unbranched alkanes of at least 4 members (excludes halogenated alkanes) is 1. The Balaban J connectivity index is 0.000000669. The lowest BCUT2D eigenvalue weighted by atomic mass is 9.88. The van der Waals surface area contributed by atoms with E-state index in [1.807, 2.05) is 69.4 Å². The van der Waals surface area contributed by atoms with Crippen molar-refractivity contribution in [3.63, 3.8) is 0 Å². The topological polar surface area (TPSA) is 189 Å². The number of amides is 1. The molecule has 0 bridgehead atoms. The molecule has 1 aliphatic carbocycles. The zero-order valence-electron chi connectivity index (χ0n) is 48.8. The molecule has 3 aliphatic rings. The second kappa shape index (κ2) is 37.0. The van der Waals surface area contributed by atoms with Gasteiger partial charge in [0.15, 0.2) is 11.6 Å². The van der Waals surface area contributed by atoms with E-state index in [0.717, 1.165) is 70.1 Å². The van der Waals surface area contributed by atoms with Crippen LogP contribution < -0.4 is 5.06 Å². The number of hydrogen-bond donors (Lipinski definition) is 3. The maximum absolute atomic E-state index is 13.2. The number of ketones is 4. The number of hydroxylamine groups is 1. The number of Topliss-reactive ketones (excluding diaryl/α,β-unsaturated/α-hetero) is 4. The fraction of sp³-hybridized carbons (Fsp3) is 0.721. The molecule has 75 heavy (non-hydrogen) atoms. The first-order valence-electron chi connectivity index (χ1n) is 28.1. The van der Waals surface area contributed by atoms with Crippen molar-refractivity contribution in [2.24, 2.45) is 29.6 Å². The average molecular weight is 1060 g/mol. The molecule has 428 valence electrons. The van der Waals surface area contributed by atoms with Gasteiger partial charge in [0, 0.05) is 52.0 Å². The highest BCUT2D eigenvalue weighted by Gasteiger charge is 2.50. The molecule has 1 aromatic carbocycles. The quantitative estimate of drug-likeness (QED) is 0.0452. The number of methoxy groups -OCH3 is 2. The van der Waals surface area contributed by atoms with E-state index in [1.165, 1.54) is 50.2 Å². The van der Waals surface area contributed by atoms with Crippen LogP contribution in [0.2, 0.25) is 0 Å². The van der Waals surface area contributed by atoms with Crippen molar-refractivity contribution < 1.29 is 58.3 Å². The summed E-state index contributed by atoms with van der Waals surface area (Å²) in [5.41, 5.74) is 2.81. The maximum Gasteiger partial charge on any atom is 0.296 e. The van der Waals surface area contributed by atoms with Gasteiger partial charge in [-0.1, -0.05) is 116 Å². The van der Waals surface area contributed by atoms with Crippen LogP contribution in [0, 0.1) is 29.6 Å². The minimum absolute atomic E-state index is 0.00499. The Hall–Kier alpha value is -3.89. The zero-order chi connectivity index (χ0) is 56.8. The Morgan fingerprint density at radius 2 is 1.52 bits per heavy atom. The highest BCUT2D eigenvalue weighted by atomic mass is 16.7. The van der Waals surface area contributed by atoms with Gasteiger partial charge in [-0.05, 0) is 128 Å². The third-order valence-electron chi connectivity index (χ3n) is 15.2. The van der Waals surface area contributed by atoms with Crippen LogP contribution in [0.3, 0.4) is 0 Å². The number of nitrogens with zero attached hydrogens (tertiary/aromatic N) is 2. The zero-order valence-corrected chi connectivity index (χ0v) is 48.8. The number of para-hydroxylation sites is 1. The monoisotopic (exact) mass is 1050 g/mol. The van der Waals surface area contributed by atoms with Gasteiger partial charge >= 0.3 is 0 Å². The molecule has 2 aliphatic heterocycles. The number of allylic oxidation sites excluding steroid dienone is 2. The van der Waals surface area contributed by atoms with Crippen molar-refractivity contribution in [3.05, 3.63) is 66.3 Å². The summed E-state index contributed by atoms with van der Waals surface area (Å²) >= 11 is 0. The third kappa shape index (κ3) is 22.5. The van der Waals surface area contributed by atoms with E-state index in [4.69, 9.17) is 24.2 Å². The van der Waals surface area contributed by atoms with Crippen LogP contribution >= 0.6 is 0 Å². The van der Waals surface area contributed by atoms with Crippen LogP contribution in [0.5, 0.6) is 0 Å². The molecule has 0 aromatic heterocycles. The summed E-state index contributed by atoms with van der Waals surface area (Å²) in [4.78, 5) is 70.4. The minimum Gasteiger partial charge on any atom is -0.400 e. The molecule has 12 atom stereocenters. The molecule has 14 nitrogen and oxygen atoms in total. The van der Waals surface area contributed by atoms with Gasteiger partial charge in [0.1, 0.15) is 24.1 Å². The van der Waals surface area contributed by atoms with Gasteiger partial charge < -0.3 is 34.4 Å². The van der Waals surface area contributed by atoms with Gasteiger partial charge in [-0.15, -0.1) is 6.58 Å². The number of aliphatic hydroxyl groups is 3. The van der Waals surface area contributed by atoms with Gasteiger partial charge in [0.05, 0.1) is 30.5 Å². The number of aliphatic hydroxyl groups excluding tert-OH is 2. The number of likely N-dealkylation sites (tertiary alicyclic amines) is 1. The van der Waals surface area contributed by atoms with E-state index in [-0.39, 0.29) is 53.9 Å². The molecule has 1 amide bonds. The van der Waals surface area contributed by atoms with Gasteiger partial charge in [-0.25, -0.2) is 5.06 Å². The van der Waals surface area contributed by atoms with E-state index in [1.54, 1.807) is 26.8 Å². The lowest BCUT2D eigenvalue weighted by molar-refractivity contribution is -0.240. The van der Waals surface area contributed by atoms with E-state index < -0.39 is 41.6 Å². The van der Waals surface area contributed by atoms with Crippen molar-refractivity contribution in [1.29, 1.82) is 0 Å². The van der Waals surface area contributed by atoms with Crippen molar-refractivity contribution in [1.82, 2.24) is 4.90 Å². The number of carbonyl (C=O) groups is 5. The van der Waals surface area contributed by atoms with Crippen LogP contribution in [-0.4, -0.2) is 126 Å². The van der Waals surface area contributed by atoms with Crippen molar-refractivity contribution in [2.75, 3.05) is 39.5 Å². The van der Waals surface area contributed by atoms with Gasteiger partial charge in [-0.3, -0.25) is 28.8 Å². The van der Waals surface area contributed by atoms with Crippen LogP contribution in [0.15, 0.2) is 66.3 Å². The molecule has 1 saturated carbocycles. The lowest BCUT2D eigenvalue weighted by Crippen LogP contribution is -2.59. The summed E-state index contributed by atoms with van der Waals surface area (Å²) in [7, 11) is 4.26. The predicted octanol–water partition coefficient (Wildman–Crippen LogP) is 10.9. The molecule has 4 rings (SSSR count). The summed E-state index contributed by atoms with van der Waals surface area (Å²) in [5, 5.41) is 30.3. The highest BCUT2D eigenvalue weighted by molar-refractivity contribution is 6.39. The van der Waals surface area contributed by atoms with Crippen molar-refractivity contribution in [3.8, 4) is 0 Å². The molecule has 3 fully saturated rings. The first-order chi connectivity index (χ1) is 35.6. The normalized spacial score (nSPS) is 23.8. The van der Waals surface area contributed by atoms with Crippen LogP contribution in [-0.2, 0) is 43.0 Å². The second-order valence-electron chi connectivity index (χ2n) is 21.2. The molecular formula is C61H102N2O12. The molecule has 2 heterocycles. The predicted molar refractivity (Wildman–Crippen MR) is 300 cm³/mol. The molecule has 8 unspecified atom stereocenters. The summed E-state index contributed by atoms with van der Waals surface area (Å²) < 4.78 is 16.0. The second-order valence-corrected chi connectivity index (χ2v) is 21.2. The largest absolute Gasteiger partial charge is 0.400 e. The summed E-state index contributed by atoms with van der Waals surface area (Å²) in [6, 6.07) is 9.47. The minimum atomic E-state index is -2.05. The first-order valence-corrected chi connectivity index (χ1v) is 28.1. The smallest absolute Gasteiger partial charge is 0.296 e. The molecular weight excluding hydrogens is 953 g/mol. The lowest BCUT2D eigenvalue weighted by Gasteiger charge is -2.39. The molecule has 3 N–H and O–H groups in total. The van der Waals surface area contributed by atoms with E-state index in [9.17, 15) is 34.2 Å². The van der Waals surface area contributed by atoms with Gasteiger partial charge in [0.2, 0.25) is 5.79 Å². The fourth-order valence-corrected chi connectivity index (χ4v) is 9.94. The van der Waals surface area contributed by atoms with E-state index >= 15 is 0 Å². The van der Waals surface area contributed by atoms with E-state index in [0.29, 0.717) is 43.9 Å². The highest BCUT2D eigenvalue weighted by Crippen LogP contribution is 2.32. The van der Waals surface area contributed by atoms with Crippen LogP contribution in [0.4, 0.5) is 5.69 Å². The Morgan fingerprint density at radius 1 is 0.880 bits per heavy atom. The fourth-order valence-electron chi connectivity index (χ4n) is 9.94. The number of hydrogen-bond acceptors (Lipinski definition) is 13. The molecule has 0 spiro atoms. The Bertz CT molecular complexity index is 1900. The molecule has 1 aromatic rings. The first kappa shape index (κ1) is 69.1. The van der Waals surface area contributed by atoms with Crippen LogP contribution in [0.1, 0.15) is 179 Å². The molecule has 2 saturated heterocycles. The van der Waals surface area contributed by atoms with Gasteiger partial charge in [-0.2, -0.15) is 0 Å². The number of rotatable bonds is 26. The molecule has 14 heteroatoms. The SMILES string of the molecule is C=CC([C@@H](C)CCCC(C)C(=O)[C@H](OC)C(O)/C(C)=C/[C@@H](C)C(C)=O)N(OC(C)/C=C(\C)CC)c1ccccc1.CCCCC(=O)C1CCCCN1C(=O)C(=O)C1(O)OCCCC1C.CO.CO[C@@H]1CCCCC1C. The summed E-state index contributed by atoms with van der Waals surface area (Å²) in [5.74, 6) is -3.89. The van der Waals surface area contributed by atoms with Gasteiger partial charge in [0.25, 0.3) is 11.7 Å². The van der Waals surface area contributed by atoms with Crippen molar-refractivity contribution in [2.45, 2.75) is 221 Å². The Labute approximate surface area is 453 Å². The third-order valence-corrected chi connectivity index (χ3v) is 15.2. The number of piperidine rings is 1. The maximum atomic E-state index is 13.2. The number of carbonyl (C=O) groups excluding carboxylic acids is 5. The Morgan fingerprint density at radius 3 is 2.07 bits per heavy atom.